The molecule has 0 radical (unpaired) electrons. The van der Waals surface area contributed by atoms with Crippen molar-refractivity contribution in [2.24, 2.45) is 0 Å². The van der Waals surface area contributed by atoms with E-state index in [1.165, 1.54) is 0 Å². The van der Waals surface area contributed by atoms with Crippen LogP contribution in [0.2, 0.25) is 0 Å². The number of hydrogen-bond acceptors (Lipinski definition) is 4. The van der Waals surface area contributed by atoms with E-state index >= 15 is 0 Å². The van der Waals surface area contributed by atoms with Crippen LogP contribution < -0.4 is 5.32 Å². The summed E-state index contributed by atoms with van der Waals surface area (Å²) in [6.07, 6.45) is 2.01. The monoisotopic (exact) mass is 351 g/mol. The Labute approximate surface area is 151 Å². The van der Waals surface area contributed by atoms with Crippen molar-refractivity contribution >= 4 is 22.7 Å². The molecule has 1 amide bonds. The minimum atomic E-state index is -0.306. The lowest BCUT2D eigenvalue weighted by atomic mass is 9.94. The predicted molar refractivity (Wildman–Crippen MR) is 97.3 cm³/mol. The molecule has 6 heteroatoms. The van der Waals surface area contributed by atoms with Crippen molar-refractivity contribution in [3.05, 3.63) is 52.7 Å². The van der Waals surface area contributed by atoms with Crippen LogP contribution in [0.3, 0.4) is 0 Å². The SMILES string of the molecule is CCn1c(CNC(=O)c2oc3c(c2C)C(=O)CCC3)nc2ccccc21. The minimum absolute atomic E-state index is 0.0688. The smallest absolute Gasteiger partial charge is 0.287 e. The molecule has 4 rings (SSSR count). The Morgan fingerprint density at radius 2 is 2.12 bits per heavy atom. The number of para-hydroxylation sites is 2. The zero-order chi connectivity index (χ0) is 18.3. The molecular weight excluding hydrogens is 330 g/mol. The highest BCUT2D eigenvalue weighted by Gasteiger charge is 2.28. The zero-order valence-corrected chi connectivity index (χ0v) is 15.0. The Morgan fingerprint density at radius 3 is 2.88 bits per heavy atom. The summed E-state index contributed by atoms with van der Waals surface area (Å²) in [4.78, 5) is 29.3. The summed E-state index contributed by atoms with van der Waals surface area (Å²) in [5.41, 5.74) is 3.21. The van der Waals surface area contributed by atoms with Gasteiger partial charge in [-0.15, -0.1) is 0 Å². The second-order valence-corrected chi connectivity index (χ2v) is 6.57. The van der Waals surface area contributed by atoms with Crippen molar-refractivity contribution in [1.29, 1.82) is 0 Å². The number of nitrogens with one attached hydrogen (secondary N) is 1. The van der Waals surface area contributed by atoms with E-state index in [9.17, 15) is 9.59 Å². The lowest BCUT2D eigenvalue weighted by Gasteiger charge is -2.07. The quantitative estimate of drug-likeness (QED) is 0.781. The van der Waals surface area contributed by atoms with Crippen LogP contribution in [0.15, 0.2) is 28.7 Å². The molecular formula is C20H21N3O3. The van der Waals surface area contributed by atoms with Gasteiger partial charge in [0, 0.05) is 24.9 Å². The summed E-state index contributed by atoms with van der Waals surface area (Å²) in [7, 11) is 0. The Kier molecular flexibility index (Phi) is 4.11. The lowest BCUT2D eigenvalue weighted by molar-refractivity contribution is 0.0915. The first-order valence-corrected chi connectivity index (χ1v) is 8.98. The number of carbonyl (C=O) groups is 2. The van der Waals surface area contributed by atoms with Gasteiger partial charge < -0.3 is 14.3 Å². The first kappa shape index (κ1) is 16.6. The van der Waals surface area contributed by atoms with Crippen LogP contribution in [0.1, 0.15) is 57.8 Å². The fraction of sp³-hybridized carbons (Fsp3) is 0.350. The van der Waals surface area contributed by atoms with E-state index in [0.717, 1.165) is 29.8 Å². The molecule has 0 atom stereocenters. The van der Waals surface area contributed by atoms with Crippen LogP contribution in [0.4, 0.5) is 0 Å². The summed E-state index contributed by atoms with van der Waals surface area (Å²) in [5, 5.41) is 2.89. The van der Waals surface area contributed by atoms with Crippen LogP contribution in [-0.4, -0.2) is 21.2 Å². The number of imidazole rings is 1. The van der Waals surface area contributed by atoms with Crippen LogP contribution in [-0.2, 0) is 19.5 Å². The molecule has 1 aromatic carbocycles. The number of aryl methyl sites for hydroxylation is 2. The van der Waals surface area contributed by atoms with E-state index in [2.05, 4.69) is 21.8 Å². The fourth-order valence-electron chi connectivity index (χ4n) is 3.72. The number of carbonyl (C=O) groups excluding carboxylic acids is 2. The molecule has 0 bridgehead atoms. The van der Waals surface area contributed by atoms with Gasteiger partial charge in [-0.05, 0) is 32.4 Å². The van der Waals surface area contributed by atoms with Gasteiger partial charge in [0.1, 0.15) is 11.6 Å². The standard InChI is InChI=1S/C20H21N3O3/c1-3-23-14-8-5-4-7-13(14)22-17(23)11-21-20(25)19-12(2)18-15(24)9-6-10-16(18)26-19/h4-5,7-8H,3,6,9-11H2,1-2H3,(H,21,25). The molecule has 0 unspecified atom stereocenters. The lowest BCUT2D eigenvalue weighted by Crippen LogP contribution is -2.25. The molecule has 0 fully saturated rings. The van der Waals surface area contributed by atoms with Gasteiger partial charge in [0.2, 0.25) is 0 Å². The van der Waals surface area contributed by atoms with E-state index in [-0.39, 0.29) is 17.5 Å². The van der Waals surface area contributed by atoms with Crippen LogP contribution in [0, 0.1) is 6.92 Å². The zero-order valence-electron chi connectivity index (χ0n) is 15.0. The number of benzene rings is 1. The Bertz CT molecular complexity index is 1010. The molecule has 0 saturated carbocycles. The van der Waals surface area contributed by atoms with Crippen molar-refractivity contribution in [1.82, 2.24) is 14.9 Å². The topological polar surface area (TPSA) is 77.1 Å². The predicted octanol–water partition coefficient (Wildman–Crippen LogP) is 3.41. The van der Waals surface area contributed by atoms with Gasteiger partial charge in [0.15, 0.2) is 11.5 Å². The summed E-state index contributed by atoms with van der Waals surface area (Å²) in [6, 6.07) is 7.91. The molecule has 1 N–H and O–H groups in total. The fourth-order valence-corrected chi connectivity index (χ4v) is 3.72. The first-order chi connectivity index (χ1) is 12.6. The molecule has 3 aromatic rings. The summed E-state index contributed by atoms with van der Waals surface area (Å²) >= 11 is 0. The van der Waals surface area contributed by atoms with Gasteiger partial charge in [0.25, 0.3) is 5.91 Å². The Hall–Kier alpha value is -2.89. The van der Waals surface area contributed by atoms with Crippen molar-refractivity contribution in [3.8, 4) is 0 Å². The van der Waals surface area contributed by atoms with Gasteiger partial charge in [-0.1, -0.05) is 12.1 Å². The number of Topliss-reactive ketones (excluding diaryl/α,β-unsaturated/α-hetero) is 1. The Balaban J connectivity index is 1.58. The average Bonchev–Trinajstić information content (AvgIpc) is 3.18. The third kappa shape index (κ3) is 2.62. The second-order valence-electron chi connectivity index (χ2n) is 6.57. The van der Waals surface area contributed by atoms with E-state index in [1.54, 1.807) is 6.92 Å². The molecule has 0 saturated heterocycles. The molecule has 0 spiro atoms. The number of hydrogen-bond donors (Lipinski definition) is 1. The third-order valence-corrected chi connectivity index (χ3v) is 4.97. The molecule has 1 aliphatic rings. The average molecular weight is 351 g/mol. The second kappa shape index (κ2) is 6.44. The van der Waals surface area contributed by atoms with E-state index in [4.69, 9.17) is 4.42 Å². The normalized spacial score (nSPS) is 13.8. The van der Waals surface area contributed by atoms with Crippen molar-refractivity contribution < 1.29 is 14.0 Å². The minimum Gasteiger partial charge on any atom is -0.455 e. The van der Waals surface area contributed by atoms with Gasteiger partial charge in [-0.2, -0.15) is 0 Å². The van der Waals surface area contributed by atoms with Crippen molar-refractivity contribution in [3.63, 3.8) is 0 Å². The summed E-state index contributed by atoms with van der Waals surface area (Å²) < 4.78 is 7.80. The van der Waals surface area contributed by atoms with Gasteiger partial charge in [-0.3, -0.25) is 9.59 Å². The number of aromatic nitrogens is 2. The molecule has 134 valence electrons. The highest BCUT2D eigenvalue weighted by Crippen LogP contribution is 2.29. The Morgan fingerprint density at radius 1 is 1.31 bits per heavy atom. The summed E-state index contributed by atoms with van der Waals surface area (Å²) in [5.74, 6) is 1.44. The maximum atomic E-state index is 12.6. The molecule has 2 aromatic heterocycles. The maximum absolute atomic E-state index is 12.6. The number of nitrogens with zero attached hydrogens (tertiary/aromatic N) is 2. The molecule has 2 heterocycles. The largest absolute Gasteiger partial charge is 0.455 e. The molecule has 26 heavy (non-hydrogen) atoms. The van der Waals surface area contributed by atoms with Crippen LogP contribution >= 0.6 is 0 Å². The van der Waals surface area contributed by atoms with E-state index < -0.39 is 0 Å². The highest BCUT2D eigenvalue weighted by molar-refractivity contribution is 6.03. The van der Waals surface area contributed by atoms with Crippen LogP contribution in [0.5, 0.6) is 0 Å². The highest BCUT2D eigenvalue weighted by atomic mass is 16.4. The number of rotatable bonds is 4. The molecule has 6 nitrogen and oxygen atoms in total. The van der Waals surface area contributed by atoms with E-state index in [0.29, 0.717) is 36.3 Å². The maximum Gasteiger partial charge on any atom is 0.287 e. The third-order valence-electron chi connectivity index (χ3n) is 4.97. The first-order valence-electron chi connectivity index (χ1n) is 8.98. The number of fused-ring (bicyclic) bond motifs is 2. The van der Waals surface area contributed by atoms with Crippen LogP contribution in [0.25, 0.3) is 11.0 Å². The number of ketones is 1. The number of amides is 1. The van der Waals surface area contributed by atoms with Gasteiger partial charge in [-0.25, -0.2) is 4.98 Å². The van der Waals surface area contributed by atoms with E-state index in [1.807, 2.05) is 24.3 Å². The number of furan rings is 1. The van der Waals surface area contributed by atoms with Crippen molar-refractivity contribution in [2.75, 3.05) is 0 Å². The van der Waals surface area contributed by atoms with Crippen molar-refractivity contribution in [2.45, 2.75) is 46.2 Å². The molecule has 1 aliphatic carbocycles. The van der Waals surface area contributed by atoms with Gasteiger partial charge >= 0.3 is 0 Å². The summed E-state index contributed by atoms with van der Waals surface area (Å²) in [6.45, 7) is 4.91. The van der Waals surface area contributed by atoms with Gasteiger partial charge in [0.05, 0.1) is 23.1 Å². The molecule has 0 aliphatic heterocycles.